The van der Waals surface area contributed by atoms with E-state index in [1.54, 1.807) is 6.07 Å². The van der Waals surface area contributed by atoms with E-state index in [1.807, 2.05) is 39.1 Å². The number of rotatable bonds is 9. The van der Waals surface area contributed by atoms with Crippen molar-refractivity contribution in [3.05, 3.63) is 64.6 Å². The number of ether oxygens (including phenoxy) is 2. The molecular formula is C28H37F2N3O3. The van der Waals surface area contributed by atoms with E-state index in [2.05, 4.69) is 21.3 Å². The van der Waals surface area contributed by atoms with E-state index in [1.165, 1.54) is 24.1 Å². The molecule has 0 bridgehead atoms. The molecular weight excluding hydrogens is 464 g/mol. The van der Waals surface area contributed by atoms with Gasteiger partial charge in [-0.05, 0) is 69.6 Å². The second kappa shape index (κ2) is 13.4. The fraction of sp³-hybridized carbons (Fsp3) is 0.464. The van der Waals surface area contributed by atoms with Gasteiger partial charge in [-0.1, -0.05) is 18.2 Å². The first-order chi connectivity index (χ1) is 17.5. The number of nitrogens with one attached hydrogen (secondary N) is 2. The highest BCUT2D eigenvalue weighted by atomic mass is 19.1. The maximum Gasteiger partial charge on any atom is 0.306 e. The SMILES string of the molecule is CCOc1ccc(F)c(C2c3[nH]c4ccccc4c3CCN2CCC(=O)OC)c1C.CNCCCF. The van der Waals surface area contributed by atoms with Gasteiger partial charge in [-0.25, -0.2) is 4.39 Å². The van der Waals surface area contributed by atoms with Crippen LogP contribution in [0.3, 0.4) is 0 Å². The zero-order valence-electron chi connectivity index (χ0n) is 21.6. The van der Waals surface area contributed by atoms with Gasteiger partial charge in [0.15, 0.2) is 0 Å². The first kappa shape index (κ1) is 27.6. The van der Waals surface area contributed by atoms with Gasteiger partial charge in [0, 0.05) is 35.2 Å². The average Bonchev–Trinajstić information content (AvgIpc) is 3.27. The van der Waals surface area contributed by atoms with Gasteiger partial charge in [-0.3, -0.25) is 14.1 Å². The lowest BCUT2D eigenvalue weighted by Crippen LogP contribution is -2.38. The second-order valence-corrected chi connectivity index (χ2v) is 8.74. The highest BCUT2D eigenvalue weighted by Gasteiger charge is 2.35. The number of benzene rings is 2. The summed E-state index contributed by atoms with van der Waals surface area (Å²) in [6.07, 6.45) is 1.73. The fourth-order valence-corrected chi connectivity index (χ4v) is 4.76. The molecule has 6 nitrogen and oxygen atoms in total. The highest BCUT2D eigenvalue weighted by molar-refractivity contribution is 5.85. The molecule has 0 fully saturated rings. The number of H-pyrrole nitrogens is 1. The molecule has 1 aliphatic heterocycles. The minimum atomic E-state index is -0.328. The predicted octanol–water partition coefficient (Wildman–Crippen LogP) is 5.09. The van der Waals surface area contributed by atoms with Gasteiger partial charge in [-0.15, -0.1) is 0 Å². The number of hydrogen-bond acceptors (Lipinski definition) is 5. The third kappa shape index (κ3) is 6.23. The molecule has 1 atom stereocenters. The number of hydrogen-bond donors (Lipinski definition) is 2. The van der Waals surface area contributed by atoms with E-state index in [9.17, 15) is 9.18 Å². The van der Waals surface area contributed by atoms with Crippen LogP contribution in [-0.2, 0) is 16.0 Å². The fourth-order valence-electron chi connectivity index (χ4n) is 4.76. The lowest BCUT2D eigenvalue weighted by Gasteiger charge is -2.37. The summed E-state index contributed by atoms with van der Waals surface area (Å²) in [6, 6.07) is 11.0. The lowest BCUT2D eigenvalue weighted by molar-refractivity contribution is -0.141. The number of aromatic amines is 1. The summed E-state index contributed by atoms with van der Waals surface area (Å²) >= 11 is 0. The molecule has 2 N–H and O–H groups in total. The maximum absolute atomic E-state index is 15.3. The number of fused-ring (bicyclic) bond motifs is 3. The molecule has 196 valence electrons. The Morgan fingerprint density at radius 3 is 2.69 bits per heavy atom. The monoisotopic (exact) mass is 501 g/mol. The van der Waals surface area contributed by atoms with E-state index in [-0.39, 0.29) is 30.9 Å². The van der Waals surface area contributed by atoms with Crippen LogP contribution < -0.4 is 10.1 Å². The summed E-state index contributed by atoms with van der Waals surface area (Å²) in [5, 5.41) is 4.00. The molecule has 3 aromatic rings. The molecule has 2 aromatic carbocycles. The normalized spacial score (nSPS) is 15.2. The van der Waals surface area contributed by atoms with Crippen molar-refractivity contribution in [3.63, 3.8) is 0 Å². The quantitative estimate of drug-likeness (QED) is 0.316. The summed E-state index contributed by atoms with van der Waals surface area (Å²) in [6.45, 7) is 6.14. The molecule has 4 rings (SSSR count). The number of alkyl halides is 1. The van der Waals surface area contributed by atoms with Gasteiger partial charge in [0.1, 0.15) is 11.6 Å². The second-order valence-electron chi connectivity index (χ2n) is 8.74. The van der Waals surface area contributed by atoms with Crippen LogP contribution in [0.1, 0.15) is 48.2 Å². The Bertz CT molecular complexity index is 1140. The number of methoxy groups -OCH3 is 1. The summed E-state index contributed by atoms with van der Waals surface area (Å²) in [5.41, 5.74) is 4.63. The number of esters is 1. The third-order valence-corrected chi connectivity index (χ3v) is 6.51. The largest absolute Gasteiger partial charge is 0.494 e. The van der Waals surface area contributed by atoms with Crippen molar-refractivity contribution < 1.29 is 23.0 Å². The Morgan fingerprint density at radius 1 is 1.25 bits per heavy atom. The van der Waals surface area contributed by atoms with Gasteiger partial charge < -0.3 is 19.8 Å². The van der Waals surface area contributed by atoms with Crippen LogP contribution in [0.4, 0.5) is 8.78 Å². The molecule has 0 amide bonds. The van der Waals surface area contributed by atoms with Crippen molar-refractivity contribution in [2.45, 2.75) is 39.2 Å². The molecule has 0 aliphatic carbocycles. The minimum absolute atomic E-state index is 0.208. The molecule has 0 spiro atoms. The Labute approximate surface area is 212 Å². The Morgan fingerprint density at radius 2 is 2.03 bits per heavy atom. The van der Waals surface area contributed by atoms with E-state index in [0.29, 0.717) is 30.9 Å². The zero-order valence-corrected chi connectivity index (χ0v) is 21.6. The van der Waals surface area contributed by atoms with Crippen molar-refractivity contribution in [1.29, 1.82) is 0 Å². The van der Waals surface area contributed by atoms with Crippen molar-refractivity contribution in [2.24, 2.45) is 0 Å². The van der Waals surface area contributed by atoms with Crippen LogP contribution in [0.5, 0.6) is 5.75 Å². The van der Waals surface area contributed by atoms with Gasteiger partial charge >= 0.3 is 5.97 Å². The number of para-hydroxylation sites is 1. The third-order valence-electron chi connectivity index (χ3n) is 6.51. The van der Waals surface area contributed by atoms with E-state index in [4.69, 9.17) is 9.47 Å². The number of nitrogens with zero attached hydrogens (tertiary/aromatic N) is 1. The molecule has 0 saturated heterocycles. The average molecular weight is 502 g/mol. The highest BCUT2D eigenvalue weighted by Crippen LogP contribution is 2.42. The molecule has 1 unspecified atom stereocenters. The van der Waals surface area contributed by atoms with Crippen LogP contribution in [-0.4, -0.2) is 62.9 Å². The Hall–Kier alpha value is -2.97. The van der Waals surface area contributed by atoms with Crippen molar-refractivity contribution in [2.75, 3.05) is 47.1 Å². The van der Waals surface area contributed by atoms with Crippen LogP contribution >= 0.6 is 0 Å². The number of aromatic nitrogens is 1. The number of halogens is 2. The van der Waals surface area contributed by atoms with Crippen LogP contribution in [0, 0.1) is 12.7 Å². The molecule has 36 heavy (non-hydrogen) atoms. The molecule has 0 radical (unpaired) electrons. The van der Waals surface area contributed by atoms with Crippen LogP contribution in [0.25, 0.3) is 10.9 Å². The van der Waals surface area contributed by atoms with E-state index >= 15 is 4.39 Å². The smallest absolute Gasteiger partial charge is 0.306 e. The Kier molecular flexibility index (Phi) is 10.3. The first-order valence-corrected chi connectivity index (χ1v) is 12.5. The minimum Gasteiger partial charge on any atom is -0.494 e. The van der Waals surface area contributed by atoms with Crippen molar-refractivity contribution >= 4 is 16.9 Å². The lowest BCUT2D eigenvalue weighted by atomic mass is 9.89. The van der Waals surface area contributed by atoms with Crippen molar-refractivity contribution in [3.8, 4) is 5.75 Å². The Balaban J connectivity index is 0.000000538. The summed E-state index contributed by atoms with van der Waals surface area (Å²) in [4.78, 5) is 17.5. The van der Waals surface area contributed by atoms with Gasteiger partial charge in [0.05, 0.1) is 32.9 Å². The topological polar surface area (TPSA) is 66.6 Å². The van der Waals surface area contributed by atoms with Gasteiger partial charge in [0.2, 0.25) is 0 Å². The summed E-state index contributed by atoms with van der Waals surface area (Å²) < 4.78 is 37.0. The predicted molar refractivity (Wildman–Crippen MR) is 139 cm³/mol. The molecule has 0 saturated carbocycles. The number of carbonyl (C=O) groups excluding carboxylic acids is 1. The maximum atomic E-state index is 15.3. The standard InChI is InChI=1S/C24H27FN2O3.C4H10FN/c1-4-30-20-10-9-18(25)22(15(20)2)24-23-17(16-7-5-6-8-19(16)26-23)11-13-27(24)14-12-21(28)29-3;1-6-4-2-3-5/h5-10,24,26H,4,11-14H2,1-3H3;6H,2-4H2,1H3. The number of carbonyl (C=O) groups is 1. The van der Waals surface area contributed by atoms with Crippen LogP contribution in [0.2, 0.25) is 0 Å². The van der Waals surface area contributed by atoms with E-state index < -0.39 is 0 Å². The van der Waals surface area contributed by atoms with Gasteiger partial charge in [-0.2, -0.15) is 0 Å². The first-order valence-electron chi connectivity index (χ1n) is 12.5. The van der Waals surface area contributed by atoms with Crippen molar-refractivity contribution in [1.82, 2.24) is 15.2 Å². The summed E-state index contributed by atoms with van der Waals surface area (Å²) in [5.74, 6) is 0.150. The van der Waals surface area contributed by atoms with E-state index in [0.717, 1.165) is 36.3 Å². The molecule has 1 aromatic heterocycles. The zero-order chi connectivity index (χ0) is 26.1. The molecule has 2 heterocycles. The molecule has 8 heteroatoms. The van der Waals surface area contributed by atoms with Crippen LogP contribution in [0.15, 0.2) is 36.4 Å². The van der Waals surface area contributed by atoms with Gasteiger partial charge in [0.25, 0.3) is 0 Å². The summed E-state index contributed by atoms with van der Waals surface area (Å²) in [7, 11) is 3.21. The molecule has 1 aliphatic rings.